The van der Waals surface area contributed by atoms with Crippen LogP contribution in [-0.2, 0) is 23.0 Å². The van der Waals surface area contributed by atoms with Gasteiger partial charge in [-0.25, -0.2) is 13.4 Å². The van der Waals surface area contributed by atoms with E-state index in [0.29, 0.717) is 31.0 Å². The predicted molar refractivity (Wildman–Crippen MR) is 142 cm³/mol. The number of H-pyrrole nitrogens is 1. The van der Waals surface area contributed by atoms with Crippen LogP contribution in [0.15, 0.2) is 48.5 Å². The maximum atomic E-state index is 13.4. The fourth-order valence-corrected chi connectivity index (χ4v) is 5.34. The molecule has 0 atom stereocenters. The first kappa shape index (κ1) is 27.6. The van der Waals surface area contributed by atoms with Gasteiger partial charge in [0.15, 0.2) is 5.82 Å². The summed E-state index contributed by atoms with van der Waals surface area (Å²) >= 11 is 0. The summed E-state index contributed by atoms with van der Waals surface area (Å²) in [6.45, 7) is 7.22. The van der Waals surface area contributed by atoms with E-state index >= 15 is 0 Å². The Labute approximate surface area is 214 Å². The number of sulfonamides is 1. The molecule has 0 radical (unpaired) electrons. The van der Waals surface area contributed by atoms with E-state index in [1.807, 2.05) is 48.5 Å². The summed E-state index contributed by atoms with van der Waals surface area (Å²) in [4.78, 5) is 6.79. The third-order valence-electron chi connectivity index (χ3n) is 6.18. The van der Waals surface area contributed by atoms with Gasteiger partial charge in [-0.05, 0) is 74.4 Å². The summed E-state index contributed by atoms with van der Waals surface area (Å²) in [6, 6.07) is 15.1. The number of rotatable bonds is 15. The van der Waals surface area contributed by atoms with Gasteiger partial charge in [-0.2, -0.15) is 9.40 Å². The molecule has 0 aliphatic heterocycles. The van der Waals surface area contributed by atoms with Crippen LogP contribution in [0.1, 0.15) is 31.7 Å². The van der Waals surface area contributed by atoms with Crippen LogP contribution in [-0.4, -0.2) is 79.0 Å². The summed E-state index contributed by atoms with van der Waals surface area (Å²) in [5, 5.41) is 7.22. The number of aromatic nitrogens is 3. The topological polar surface area (TPSA) is 101 Å². The summed E-state index contributed by atoms with van der Waals surface area (Å²) in [6.07, 6.45) is 1.16. The van der Waals surface area contributed by atoms with E-state index in [-0.39, 0.29) is 12.3 Å². The van der Waals surface area contributed by atoms with Gasteiger partial charge >= 0.3 is 0 Å². The lowest BCUT2D eigenvalue weighted by molar-refractivity contribution is 0.303. The average Bonchev–Trinajstić information content (AvgIpc) is 3.38. The molecule has 0 saturated heterocycles. The number of nitrogens with one attached hydrogen (secondary N) is 1. The number of ether oxygens (including phenoxy) is 2. The van der Waals surface area contributed by atoms with Gasteiger partial charge in [0.25, 0.3) is 0 Å². The van der Waals surface area contributed by atoms with Crippen molar-refractivity contribution >= 4 is 10.0 Å². The van der Waals surface area contributed by atoms with Crippen LogP contribution in [0.4, 0.5) is 0 Å². The lowest BCUT2D eigenvalue weighted by atomic mass is 10.1. The SMILES string of the molecule is CCN(CC)CCCS(=O)(=O)N(CCc1ccc(OC)cc1)Cc1nc(-c2ccc(OC)cc2)n[nH]1. The molecule has 196 valence electrons. The van der Waals surface area contributed by atoms with Crippen LogP contribution in [0.25, 0.3) is 11.4 Å². The fraction of sp³-hybridized carbons (Fsp3) is 0.462. The van der Waals surface area contributed by atoms with Crippen LogP contribution in [0.2, 0.25) is 0 Å². The van der Waals surface area contributed by atoms with E-state index in [2.05, 4.69) is 33.9 Å². The van der Waals surface area contributed by atoms with E-state index in [1.165, 1.54) is 4.31 Å². The molecule has 1 aromatic heterocycles. The summed E-state index contributed by atoms with van der Waals surface area (Å²) in [5.41, 5.74) is 1.86. The van der Waals surface area contributed by atoms with Crippen molar-refractivity contribution in [3.8, 4) is 22.9 Å². The van der Waals surface area contributed by atoms with Gasteiger partial charge in [0.1, 0.15) is 17.3 Å². The van der Waals surface area contributed by atoms with Gasteiger partial charge in [0.2, 0.25) is 10.0 Å². The minimum atomic E-state index is -3.50. The zero-order chi connectivity index (χ0) is 26.0. The molecule has 0 saturated carbocycles. The van der Waals surface area contributed by atoms with Crippen molar-refractivity contribution in [2.24, 2.45) is 0 Å². The zero-order valence-corrected chi connectivity index (χ0v) is 22.4. The molecule has 0 bridgehead atoms. The molecular formula is C26H37N5O4S. The van der Waals surface area contributed by atoms with Crippen molar-refractivity contribution in [1.82, 2.24) is 24.4 Å². The maximum Gasteiger partial charge on any atom is 0.214 e. The summed E-state index contributed by atoms with van der Waals surface area (Å²) in [7, 11) is -0.264. The molecule has 0 fully saturated rings. The van der Waals surface area contributed by atoms with Crippen LogP contribution in [0.5, 0.6) is 11.5 Å². The van der Waals surface area contributed by atoms with E-state index < -0.39 is 10.0 Å². The van der Waals surface area contributed by atoms with Crippen molar-refractivity contribution in [3.63, 3.8) is 0 Å². The number of nitrogens with zero attached hydrogens (tertiary/aromatic N) is 4. The second kappa shape index (κ2) is 13.4. The van der Waals surface area contributed by atoms with E-state index in [1.54, 1.807) is 14.2 Å². The third-order valence-corrected chi connectivity index (χ3v) is 8.08. The smallest absolute Gasteiger partial charge is 0.214 e. The van der Waals surface area contributed by atoms with Gasteiger partial charge in [0, 0.05) is 12.1 Å². The Morgan fingerprint density at radius 3 is 2.08 bits per heavy atom. The van der Waals surface area contributed by atoms with Gasteiger partial charge < -0.3 is 14.4 Å². The number of hydrogen-bond acceptors (Lipinski definition) is 7. The number of aromatic amines is 1. The van der Waals surface area contributed by atoms with Crippen LogP contribution in [0.3, 0.4) is 0 Å². The second-order valence-corrected chi connectivity index (χ2v) is 10.6. The summed E-state index contributed by atoms with van der Waals surface area (Å²) < 4.78 is 38.7. The molecular weight excluding hydrogens is 478 g/mol. The average molecular weight is 516 g/mol. The zero-order valence-electron chi connectivity index (χ0n) is 21.6. The van der Waals surface area contributed by atoms with Gasteiger partial charge in [-0.1, -0.05) is 26.0 Å². The molecule has 10 heteroatoms. The van der Waals surface area contributed by atoms with Gasteiger partial charge in [0.05, 0.1) is 26.5 Å². The van der Waals surface area contributed by atoms with Crippen molar-refractivity contribution in [2.45, 2.75) is 33.2 Å². The second-order valence-electron chi connectivity index (χ2n) is 8.46. The van der Waals surface area contributed by atoms with Gasteiger partial charge in [-0.3, -0.25) is 5.10 Å². The molecule has 3 aromatic rings. The van der Waals surface area contributed by atoms with Crippen molar-refractivity contribution in [1.29, 1.82) is 0 Å². The normalized spacial score (nSPS) is 11.8. The Kier molecular flexibility index (Phi) is 10.3. The van der Waals surface area contributed by atoms with Crippen molar-refractivity contribution in [2.75, 3.05) is 46.2 Å². The van der Waals surface area contributed by atoms with Crippen LogP contribution < -0.4 is 9.47 Å². The predicted octanol–water partition coefficient (Wildman–Crippen LogP) is 3.60. The summed E-state index contributed by atoms with van der Waals surface area (Å²) in [5.74, 6) is 2.62. The first-order chi connectivity index (χ1) is 17.4. The van der Waals surface area contributed by atoms with Crippen molar-refractivity contribution in [3.05, 3.63) is 59.9 Å². The molecule has 1 heterocycles. The first-order valence-electron chi connectivity index (χ1n) is 12.3. The Hall–Kier alpha value is -2.95. The van der Waals surface area contributed by atoms with Crippen molar-refractivity contribution < 1.29 is 17.9 Å². The number of hydrogen-bond donors (Lipinski definition) is 1. The Balaban J connectivity index is 1.74. The lowest BCUT2D eigenvalue weighted by Crippen LogP contribution is -2.36. The number of benzene rings is 2. The minimum absolute atomic E-state index is 0.0889. The van der Waals surface area contributed by atoms with Crippen LogP contribution >= 0.6 is 0 Å². The molecule has 0 amide bonds. The highest BCUT2D eigenvalue weighted by Crippen LogP contribution is 2.20. The maximum absolute atomic E-state index is 13.4. The highest BCUT2D eigenvalue weighted by Gasteiger charge is 2.24. The van der Waals surface area contributed by atoms with Crippen LogP contribution in [0, 0.1) is 0 Å². The quantitative estimate of drug-likeness (QED) is 0.330. The highest BCUT2D eigenvalue weighted by molar-refractivity contribution is 7.89. The van der Waals surface area contributed by atoms with E-state index in [4.69, 9.17) is 9.47 Å². The monoisotopic (exact) mass is 515 g/mol. The minimum Gasteiger partial charge on any atom is -0.497 e. The Morgan fingerprint density at radius 2 is 1.50 bits per heavy atom. The Bertz CT molecular complexity index is 1160. The molecule has 1 N–H and O–H groups in total. The largest absolute Gasteiger partial charge is 0.497 e. The van der Waals surface area contributed by atoms with E-state index in [0.717, 1.165) is 42.3 Å². The molecule has 2 aromatic carbocycles. The standard InChI is InChI=1S/C26H37N5O4S/c1-5-30(6-2)17-7-19-36(32,33)31(18-16-21-8-12-23(34-3)13-9-21)20-25-27-26(29-28-25)22-10-14-24(35-4)15-11-22/h8-15H,5-7,16-20H2,1-4H3,(H,27,28,29). The first-order valence-corrected chi connectivity index (χ1v) is 13.9. The lowest BCUT2D eigenvalue weighted by Gasteiger charge is -2.23. The molecule has 36 heavy (non-hydrogen) atoms. The molecule has 0 unspecified atom stereocenters. The number of methoxy groups -OCH3 is 2. The molecule has 9 nitrogen and oxygen atoms in total. The molecule has 0 aliphatic carbocycles. The fourth-order valence-electron chi connectivity index (χ4n) is 3.90. The highest BCUT2D eigenvalue weighted by atomic mass is 32.2. The molecule has 3 rings (SSSR count). The molecule has 0 spiro atoms. The van der Waals surface area contributed by atoms with E-state index in [9.17, 15) is 8.42 Å². The molecule has 0 aliphatic rings. The van der Waals surface area contributed by atoms with Gasteiger partial charge in [-0.15, -0.1) is 0 Å². The Morgan fingerprint density at radius 1 is 0.889 bits per heavy atom. The third kappa shape index (κ3) is 7.78.